The van der Waals surface area contributed by atoms with E-state index in [-0.39, 0.29) is 5.75 Å². The number of phenols is 1. The van der Waals surface area contributed by atoms with Gasteiger partial charge in [-0.2, -0.15) is 0 Å². The summed E-state index contributed by atoms with van der Waals surface area (Å²) in [6, 6.07) is 14.5. The van der Waals surface area contributed by atoms with Gasteiger partial charge in [0.1, 0.15) is 5.75 Å². The highest BCUT2D eigenvalue weighted by atomic mass is 35.5. The summed E-state index contributed by atoms with van der Waals surface area (Å²) >= 11 is 7.47. The number of aromatic nitrogens is 1. The molecule has 0 unspecified atom stereocenters. The molecule has 0 spiro atoms. The molecule has 0 saturated carbocycles. The van der Waals surface area contributed by atoms with E-state index in [0.29, 0.717) is 16.7 Å². The van der Waals surface area contributed by atoms with Gasteiger partial charge in [0.05, 0.1) is 11.9 Å². The van der Waals surface area contributed by atoms with E-state index in [4.69, 9.17) is 16.0 Å². The van der Waals surface area contributed by atoms with Crippen molar-refractivity contribution in [3.63, 3.8) is 0 Å². The third-order valence-electron chi connectivity index (χ3n) is 2.88. The fourth-order valence-corrected chi connectivity index (χ4v) is 2.69. The van der Waals surface area contributed by atoms with Crippen LogP contribution in [0.1, 0.15) is 5.89 Å². The van der Waals surface area contributed by atoms with Crippen LogP contribution in [-0.4, -0.2) is 10.1 Å². The molecule has 0 atom stereocenters. The summed E-state index contributed by atoms with van der Waals surface area (Å²) in [6.07, 6.45) is 1.72. The highest BCUT2D eigenvalue weighted by molar-refractivity contribution is 7.98. The zero-order valence-corrected chi connectivity index (χ0v) is 12.6. The number of phenolic OH excluding ortho intramolecular Hbond substituents is 1. The van der Waals surface area contributed by atoms with Gasteiger partial charge in [0.15, 0.2) is 5.76 Å². The van der Waals surface area contributed by atoms with Crippen LogP contribution >= 0.6 is 23.4 Å². The van der Waals surface area contributed by atoms with E-state index in [2.05, 4.69) is 4.98 Å². The quantitative estimate of drug-likeness (QED) is 0.688. The Labute approximate surface area is 131 Å². The minimum absolute atomic E-state index is 0.264. The Bertz CT molecular complexity index is 723. The zero-order chi connectivity index (χ0) is 14.7. The Morgan fingerprint density at radius 1 is 1.05 bits per heavy atom. The van der Waals surface area contributed by atoms with E-state index in [0.717, 1.165) is 16.2 Å². The molecule has 0 bridgehead atoms. The molecule has 2 aromatic carbocycles. The van der Waals surface area contributed by atoms with Gasteiger partial charge < -0.3 is 9.52 Å². The average Bonchev–Trinajstić information content (AvgIpc) is 2.96. The Hall–Kier alpha value is -1.91. The Morgan fingerprint density at radius 3 is 2.48 bits per heavy atom. The van der Waals surface area contributed by atoms with Gasteiger partial charge in [-0.1, -0.05) is 11.6 Å². The lowest BCUT2D eigenvalue weighted by Gasteiger charge is -1.99. The normalized spacial score (nSPS) is 10.7. The third-order valence-corrected chi connectivity index (χ3v) is 4.13. The molecule has 0 amide bonds. The molecule has 3 nitrogen and oxygen atoms in total. The minimum atomic E-state index is 0.264. The standard InChI is InChI=1S/C16H12ClNO2S/c17-12-3-1-11(2-4-12)15-9-18-16(20-15)10-21-14-7-5-13(19)6-8-14/h1-9,19H,10H2. The summed E-state index contributed by atoms with van der Waals surface area (Å²) in [6.45, 7) is 0. The third kappa shape index (κ3) is 3.60. The second-order valence-electron chi connectivity index (χ2n) is 4.41. The van der Waals surface area contributed by atoms with Crippen LogP contribution in [0.25, 0.3) is 11.3 Å². The van der Waals surface area contributed by atoms with Crippen molar-refractivity contribution in [1.82, 2.24) is 4.98 Å². The number of rotatable bonds is 4. The molecule has 1 heterocycles. The maximum atomic E-state index is 9.24. The van der Waals surface area contributed by atoms with Gasteiger partial charge in [-0.25, -0.2) is 4.98 Å². The molecule has 0 fully saturated rings. The second kappa shape index (κ2) is 6.24. The monoisotopic (exact) mass is 317 g/mol. The zero-order valence-electron chi connectivity index (χ0n) is 11.0. The molecule has 0 aliphatic carbocycles. The van der Waals surface area contributed by atoms with Gasteiger partial charge in [-0.3, -0.25) is 0 Å². The first-order valence-corrected chi connectivity index (χ1v) is 7.69. The molecule has 3 rings (SSSR count). The molecule has 3 aromatic rings. The molecular weight excluding hydrogens is 306 g/mol. The number of halogens is 1. The van der Waals surface area contributed by atoms with Crippen molar-refractivity contribution in [3.8, 4) is 17.1 Å². The predicted molar refractivity (Wildman–Crippen MR) is 84.6 cm³/mol. The van der Waals surface area contributed by atoms with Gasteiger partial charge in [0.2, 0.25) is 5.89 Å². The number of aromatic hydroxyl groups is 1. The first-order valence-electron chi connectivity index (χ1n) is 6.33. The molecule has 0 aliphatic rings. The highest BCUT2D eigenvalue weighted by Gasteiger charge is 2.07. The number of nitrogens with zero attached hydrogens (tertiary/aromatic N) is 1. The Kier molecular flexibility index (Phi) is 4.18. The van der Waals surface area contributed by atoms with Crippen molar-refractivity contribution >= 4 is 23.4 Å². The predicted octanol–water partition coefficient (Wildman–Crippen LogP) is 4.99. The Morgan fingerprint density at radius 2 is 1.76 bits per heavy atom. The maximum absolute atomic E-state index is 9.24. The molecule has 0 radical (unpaired) electrons. The van der Waals surface area contributed by atoms with E-state index in [1.54, 1.807) is 30.1 Å². The second-order valence-corrected chi connectivity index (χ2v) is 5.89. The molecule has 21 heavy (non-hydrogen) atoms. The summed E-state index contributed by atoms with van der Waals surface area (Å²) in [4.78, 5) is 5.33. The van der Waals surface area contributed by atoms with Gasteiger partial charge in [0.25, 0.3) is 0 Å². The van der Waals surface area contributed by atoms with Crippen molar-refractivity contribution < 1.29 is 9.52 Å². The summed E-state index contributed by atoms with van der Waals surface area (Å²) in [5, 5.41) is 9.94. The van der Waals surface area contributed by atoms with Crippen molar-refractivity contribution in [3.05, 3.63) is 65.6 Å². The van der Waals surface area contributed by atoms with Crippen LogP contribution in [0.3, 0.4) is 0 Å². The lowest BCUT2D eigenvalue weighted by molar-refractivity contribution is 0.475. The number of oxazole rings is 1. The van der Waals surface area contributed by atoms with Crippen LogP contribution in [0.2, 0.25) is 5.02 Å². The van der Waals surface area contributed by atoms with Gasteiger partial charge in [-0.05, 0) is 48.5 Å². The SMILES string of the molecule is Oc1ccc(SCc2ncc(-c3ccc(Cl)cc3)o2)cc1. The molecule has 0 saturated heterocycles. The molecular formula is C16H12ClNO2S. The largest absolute Gasteiger partial charge is 0.508 e. The van der Waals surface area contributed by atoms with E-state index < -0.39 is 0 Å². The first-order chi connectivity index (χ1) is 10.2. The topological polar surface area (TPSA) is 46.3 Å². The maximum Gasteiger partial charge on any atom is 0.205 e. The van der Waals surface area contributed by atoms with Crippen molar-refractivity contribution in [2.45, 2.75) is 10.6 Å². The van der Waals surface area contributed by atoms with Crippen LogP contribution in [0, 0.1) is 0 Å². The first kappa shape index (κ1) is 14.0. The number of thioether (sulfide) groups is 1. The van der Waals surface area contributed by atoms with E-state index in [9.17, 15) is 5.11 Å². The molecule has 0 aliphatic heterocycles. The lowest BCUT2D eigenvalue weighted by Crippen LogP contribution is -1.79. The Balaban J connectivity index is 1.67. The minimum Gasteiger partial charge on any atom is -0.508 e. The van der Waals surface area contributed by atoms with Gasteiger partial charge >= 0.3 is 0 Å². The van der Waals surface area contributed by atoms with Crippen molar-refractivity contribution in [1.29, 1.82) is 0 Å². The molecule has 1 aromatic heterocycles. The summed E-state index contributed by atoms with van der Waals surface area (Å²) in [7, 11) is 0. The van der Waals surface area contributed by atoms with E-state index in [1.165, 1.54) is 0 Å². The van der Waals surface area contributed by atoms with E-state index >= 15 is 0 Å². The van der Waals surface area contributed by atoms with Crippen molar-refractivity contribution in [2.24, 2.45) is 0 Å². The summed E-state index contributed by atoms with van der Waals surface area (Å²) in [5.74, 6) is 2.30. The van der Waals surface area contributed by atoms with Crippen LogP contribution < -0.4 is 0 Å². The fraction of sp³-hybridized carbons (Fsp3) is 0.0625. The van der Waals surface area contributed by atoms with Crippen LogP contribution in [-0.2, 0) is 5.75 Å². The molecule has 106 valence electrons. The van der Waals surface area contributed by atoms with Gasteiger partial charge in [0, 0.05) is 15.5 Å². The van der Waals surface area contributed by atoms with E-state index in [1.807, 2.05) is 36.4 Å². The average molecular weight is 318 g/mol. The molecule has 1 N–H and O–H groups in total. The number of hydrogen-bond acceptors (Lipinski definition) is 4. The smallest absolute Gasteiger partial charge is 0.205 e. The number of benzene rings is 2. The van der Waals surface area contributed by atoms with Gasteiger partial charge in [-0.15, -0.1) is 11.8 Å². The summed E-state index contributed by atoms with van der Waals surface area (Å²) < 4.78 is 5.73. The highest BCUT2D eigenvalue weighted by Crippen LogP contribution is 2.27. The van der Waals surface area contributed by atoms with Crippen LogP contribution in [0.5, 0.6) is 5.75 Å². The van der Waals surface area contributed by atoms with Crippen LogP contribution in [0.15, 0.2) is 64.0 Å². The van der Waals surface area contributed by atoms with Crippen LogP contribution in [0.4, 0.5) is 0 Å². The fourth-order valence-electron chi connectivity index (χ4n) is 1.81. The number of hydrogen-bond donors (Lipinski definition) is 1. The summed E-state index contributed by atoms with van der Waals surface area (Å²) in [5.41, 5.74) is 0.952. The lowest BCUT2D eigenvalue weighted by atomic mass is 10.2. The molecule has 5 heteroatoms. The van der Waals surface area contributed by atoms with Crippen molar-refractivity contribution in [2.75, 3.05) is 0 Å².